The quantitative estimate of drug-likeness (QED) is 0.214. The van der Waals surface area contributed by atoms with E-state index >= 15 is 0 Å². The molecule has 0 saturated carbocycles. The maximum Gasteiger partial charge on any atom is 0.241 e. The summed E-state index contributed by atoms with van der Waals surface area (Å²) >= 11 is 0. The monoisotopic (exact) mass is 494 g/mol. The zero-order valence-corrected chi connectivity index (χ0v) is 18.0. The molecule has 1 aliphatic heterocycles. The summed E-state index contributed by atoms with van der Waals surface area (Å²) in [7, 11) is 1.58. The third-order valence-electron chi connectivity index (χ3n) is 3.92. The fourth-order valence-electron chi connectivity index (χ4n) is 2.69. The van der Waals surface area contributed by atoms with Crippen molar-refractivity contribution in [2.75, 3.05) is 51.3 Å². The fraction of sp³-hybridized carbons (Fsp3) is 0.588. The van der Waals surface area contributed by atoms with Gasteiger partial charge in [-0.25, -0.2) is 14.4 Å². The van der Waals surface area contributed by atoms with Crippen LogP contribution in [0.1, 0.15) is 13.3 Å². The molecule has 0 spiro atoms. The molecule has 1 aromatic heterocycles. The van der Waals surface area contributed by atoms with Crippen LogP contribution in [0.4, 0.5) is 10.2 Å². The number of hydrogen-bond acceptors (Lipinski definition) is 5. The number of methoxy groups -OCH3 is 1. The Balaban J connectivity index is 0.00000364. The van der Waals surface area contributed by atoms with E-state index in [9.17, 15) is 9.18 Å². The molecule has 1 unspecified atom stereocenters. The number of amides is 1. The van der Waals surface area contributed by atoms with Gasteiger partial charge >= 0.3 is 0 Å². The molecule has 1 saturated heterocycles. The van der Waals surface area contributed by atoms with Crippen LogP contribution < -0.4 is 20.9 Å². The molecule has 10 heteroatoms. The van der Waals surface area contributed by atoms with E-state index < -0.39 is 0 Å². The summed E-state index contributed by atoms with van der Waals surface area (Å²) in [6.07, 6.45) is 2.42. The van der Waals surface area contributed by atoms with Crippen molar-refractivity contribution in [3.05, 3.63) is 24.1 Å². The molecule has 1 atom stereocenters. The molecule has 3 N–H and O–H groups in total. The lowest BCUT2D eigenvalue weighted by atomic mass is 10.3. The number of aromatic nitrogens is 1. The van der Waals surface area contributed by atoms with Crippen molar-refractivity contribution in [1.29, 1.82) is 0 Å². The van der Waals surface area contributed by atoms with Gasteiger partial charge in [0, 0.05) is 45.5 Å². The smallest absolute Gasteiger partial charge is 0.241 e. The van der Waals surface area contributed by atoms with Crippen molar-refractivity contribution in [3.63, 3.8) is 0 Å². The highest BCUT2D eigenvalue weighted by Gasteiger charge is 2.25. The van der Waals surface area contributed by atoms with Crippen molar-refractivity contribution in [2.45, 2.75) is 19.4 Å². The summed E-state index contributed by atoms with van der Waals surface area (Å²) in [6, 6.07) is 3.10. The van der Waals surface area contributed by atoms with Crippen molar-refractivity contribution >= 4 is 41.7 Å². The third-order valence-corrected chi connectivity index (χ3v) is 3.92. The molecule has 1 fully saturated rings. The second-order valence-corrected chi connectivity index (χ2v) is 5.92. The first kappa shape index (κ1) is 23.3. The molecule has 0 bridgehead atoms. The first-order chi connectivity index (χ1) is 12.6. The number of anilines is 1. The Morgan fingerprint density at radius 2 is 2.30 bits per heavy atom. The summed E-state index contributed by atoms with van der Waals surface area (Å²) in [4.78, 5) is 22.1. The van der Waals surface area contributed by atoms with Crippen molar-refractivity contribution in [3.8, 4) is 0 Å². The zero-order valence-electron chi connectivity index (χ0n) is 15.7. The minimum absolute atomic E-state index is 0. The molecule has 8 nitrogen and oxygen atoms in total. The third kappa shape index (κ3) is 7.83. The Bertz CT molecular complexity index is 619. The van der Waals surface area contributed by atoms with Crippen LogP contribution in [0, 0.1) is 5.82 Å². The van der Waals surface area contributed by atoms with Crippen molar-refractivity contribution in [2.24, 2.45) is 4.99 Å². The molecule has 152 valence electrons. The first-order valence-electron chi connectivity index (χ1n) is 8.80. The van der Waals surface area contributed by atoms with E-state index in [1.807, 2.05) is 11.8 Å². The summed E-state index contributed by atoms with van der Waals surface area (Å²) in [6.45, 7) is 4.94. The van der Waals surface area contributed by atoms with Crippen LogP contribution in [0.2, 0.25) is 0 Å². The number of nitrogens with zero attached hydrogens (tertiary/aromatic N) is 3. The molecule has 2 heterocycles. The molecule has 0 aliphatic carbocycles. The van der Waals surface area contributed by atoms with Gasteiger partial charge in [0.05, 0.1) is 6.61 Å². The van der Waals surface area contributed by atoms with Crippen LogP contribution >= 0.6 is 24.0 Å². The SMILES string of the molecule is CCNC(=NCC(=O)NCCOC)NC1CCN(c2ncccc2F)C1.I. The Kier molecular flexibility index (Phi) is 10.9. The minimum Gasteiger partial charge on any atom is -0.383 e. The molecule has 27 heavy (non-hydrogen) atoms. The lowest BCUT2D eigenvalue weighted by Gasteiger charge is -2.19. The van der Waals surface area contributed by atoms with E-state index in [1.54, 1.807) is 19.4 Å². The topological polar surface area (TPSA) is 90.9 Å². The Morgan fingerprint density at radius 3 is 3.00 bits per heavy atom. The van der Waals surface area contributed by atoms with Gasteiger partial charge in [0.1, 0.15) is 6.54 Å². The van der Waals surface area contributed by atoms with E-state index in [0.717, 1.165) is 6.42 Å². The highest BCUT2D eigenvalue weighted by molar-refractivity contribution is 14.0. The van der Waals surface area contributed by atoms with Crippen LogP contribution in [0.3, 0.4) is 0 Å². The van der Waals surface area contributed by atoms with Crippen LogP contribution in [0.5, 0.6) is 0 Å². The highest BCUT2D eigenvalue weighted by Crippen LogP contribution is 2.20. The first-order valence-corrected chi connectivity index (χ1v) is 8.80. The molecule has 1 aliphatic rings. The van der Waals surface area contributed by atoms with Gasteiger partial charge in [0.2, 0.25) is 5.91 Å². The van der Waals surface area contributed by atoms with Gasteiger partial charge in [-0.1, -0.05) is 0 Å². The molecule has 1 aromatic rings. The van der Waals surface area contributed by atoms with Crippen molar-refractivity contribution < 1.29 is 13.9 Å². The predicted octanol–water partition coefficient (Wildman–Crippen LogP) is 0.735. The van der Waals surface area contributed by atoms with Gasteiger partial charge in [-0.3, -0.25) is 4.79 Å². The zero-order chi connectivity index (χ0) is 18.8. The van der Waals surface area contributed by atoms with Crippen LogP contribution in [-0.4, -0.2) is 69.3 Å². The van der Waals surface area contributed by atoms with Gasteiger partial charge in [0.25, 0.3) is 0 Å². The Labute approximate surface area is 176 Å². The average molecular weight is 494 g/mol. The summed E-state index contributed by atoms with van der Waals surface area (Å²) < 4.78 is 18.8. The highest BCUT2D eigenvalue weighted by atomic mass is 127. The number of rotatable bonds is 8. The molecule has 1 amide bonds. The summed E-state index contributed by atoms with van der Waals surface area (Å²) in [5, 5.41) is 9.15. The molecule has 0 aromatic carbocycles. The van der Waals surface area contributed by atoms with Crippen LogP contribution in [0.25, 0.3) is 0 Å². The van der Waals surface area contributed by atoms with Gasteiger partial charge in [-0.15, -0.1) is 24.0 Å². The number of aliphatic imine (C=N–C) groups is 1. The molecule has 0 radical (unpaired) electrons. The van der Waals surface area contributed by atoms with Gasteiger partial charge in [0.15, 0.2) is 17.6 Å². The minimum atomic E-state index is -0.318. The Morgan fingerprint density at radius 1 is 1.48 bits per heavy atom. The summed E-state index contributed by atoms with van der Waals surface area (Å²) in [5.41, 5.74) is 0. The second kappa shape index (κ2) is 12.7. The normalized spacial score (nSPS) is 16.6. The Hall–Kier alpha value is -1.69. The van der Waals surface area contributed by atoms with E-state index in [4.69, 9.17) is 4.74 Å². The van der Waals surface area contributed by atoms with Gasteiger partial charge in [-0.05, 0) is 25.5 Å². The van der Waals surface area contributed by atoms with E-state index in [0.29, 0.717) is 44.6 Å². The van der Waals surface area contributed by atoms with E-state index in [1.165, 1.54) is 6.07 Å². The van der Waals surface area contributed by atoms with Crippen LogP contribution in [0.15, 0.2) is 23.3 Å². The van der Waals surface area contributed by atoms with Crippen LogP contribution in [-0.2, 0) is 9.53 Å². The number of guanidine groups is 1. The predicted molar refractivity (Wildman–Crippen MR) is 114 cm³/mol. The molecular formula is C17H28FIN6O2. The maximum atomic E-state index is 13.9. The number of carbonyl (C=O) groups excluding carboxylic acids is 1. The fourth-order valence-corrected chi connectivity index (χ4v) is 2.69. The number of carbonyl (C=O) groups is 1. The van der Waals surface area contributed by atoms with Crippen molar-refractivity contribution in [1.82, 2.24) is 20.9 Å². The largest absolute Gasteiger partial charge is 0.383 e. The number of pyridine rings is 1. The number of halogens is 2. The standard InChI is InChI=1S/C17H27FN6O2.HI/c1-3-19-17(22-11-15(25)20-8-10-26-2)23-13-6-9-24(12-13)16-14(18)5-4-7-21-16;/h4-5,7,13H,3,6,8-12H2,1-2H3,(H,20,25)(H2,19,22,23);1H. The summed E-state index contributed by atoms with van der Waals surface area (Å²) in [5.74, 6) is 0.461. The van der Waals surface area contributed by atoms with Gasteiger partial charge < -0.3 is 25.6 Å². The molecule has 2 rings (SSSR count). The maximum absolute atomic E-state index is 13.9. The number of nitrogens with one attached hydrogen (secondary N) is 3. The van der Waals surface area contributed by atoms with E-state index in [2.05, 4.69) is 25.9 Å². The average Bonchev–Trinajstić information content (AvgIpc) is 3.09. The lowest BCUT2D eigenvalue weighted by Crippen LogP contribution is -2.45. The second-order valence-electron chi connectivity index (χ2n) is 5.92. The number of ether oxygens (including phenoxy) is 1. The van der Waals surface area contributed by atoms with Gasteiger partial charge in [-0.2, -0.15) is 0 Å². The molecular weight excluding hydrogens is 466 g/mol. The number of hydrogen-bond donors (Lipinski definition) is 3. The lowest BCUT2D eigenvalue weighted by molar-refractivity contribution is -0.119. The van der Waals surface area contributed by atoms with E-state index in [-0.39, 0.29) is 48.3 Å².